The standard InChI is InChI=1S/C22H24N4O/c1-16(2)13-19-20(15-27)26(12-11-25(19)21-9-5-6-10-23-21)22-14-17-7-3-4-8-18(17)24-22/h3-10,13-15,19-20,24H,11-12H2,1-2H3. The number of aromatic nitrogens is 2. The molecule has 2 atom stereocenters. The molecule has 2 aromatic heterocycles. The number of carbonyl (C=O) groups excluding carboxylic acids is 1. The molecule has 2 unspecified atom stereocenters. The van der Waals surface area contributed by atoms with E-state index >= 15 is 0 Å². The third kappa shape index (κ3) is 3.33. The molecule has 0 aliphatic carbocycles. The topological polar surface area (TPSA) is 52.2 Å². The molecule has 1 fully saturated rings. The number of pyridine rings is 1. The molecule has 0 amide bonds. The van der Waals surface area contributed by atoms with Gasteiger partial charge in [0.15, 0.2) is 0 Å². The maximum Gasteiger partial charge on any atom is 0.144 e. The number of nitrogens with one attached hydrogen (secondary N) is 1. The van der Waals surface area contributed by atoms with Crippen LogP contribution in [0.25, 0.3) is 10.9 Å². The summed E-state index contributed by atoms with van der Waals surface area (Å²) < 4.78 is 0. The van der Waals surface area contributed by atoms with Gasteiger partial charge in [-0.05, 0) is 38.1 Å². The maximum absolute atomic E-state index is 12.2. The van der Waals surface area contributed by atoms with Gasteiger partial charge in [0, 0.05) is 30.2 Å². The molecule has 5 nitrogen and oxygen atoms in total. The quantitative estimate of drug-likeness (QED) is 0.568. The number of H-pyrrole nitrogens is 1. The summed E-state index contributed by atoms with van der Waals surface area (Å²) in [6.45, 7) is 5.69. The molecule has 0 radical (unpaired) electrons. The average Bonchev–Trinajstić information content (AvgIpc) is 3.12. The van der Waals surface area contributed by atoms with Crippen LogP contribution in [-0.4, -0.2) is 41.4 Å². The number of para-hydroxylation sites is 1. The molecule has 3 aromatic rings. The van der Waals surface area contributed by atoms with Crippen LogP contribution in [0.15, 0.2) is 66.4 Å². The lowest BCUT2D eigenvalue weighted by molar-refractivity contribution is -0.109. The Morgan fingerprint density at radius 3 is 2.56 bits per heavy atom. The number of carbonyl (C=O) groups is 1. The van der Waals surface area contributed by atoms with E-state index in [2.05, 4.69) is 57.9 Å². The molecule has 1 aromatic carbocycles. The monoisotopic (exact) mass is 360 g/mol. The lowest BCUT2D eigenvalue weighted by Crippen LogP contribution is -2.60. The Kier molecular flexibility index (Phi) is 4.67. The van der Waals surface area contributed by atoms with E-state index in [-0.39, 0.29) is 12.1 Å². The predicted octanol–water partition coefficient (Wildman–Crippen LogP) is 3.79. The minimum absolute atomic E-state index is 0.0671. The molecule has 1 aliphatic heterocycles. The van der Waals surface area contributed by atoms with Gasteiger partial charge in [0.25, 0.3) is 0 Å². The van der Waals surface area contributed by atoms with Crippen molar-refractivity contribution in [3.05, 3.63) is 66.4 Å². The number of aldehydes is 1. The Morgan fingerprint density at radius 1 is 1.07 bits per heavy atom. The van der Waals surface area contributed by atoms with Crippen LogP contribution in [0.3, 0.4) is 0 Å². The summed E-state index contributed by atoms with van der Waals surface area (Å²) in [6, 6.07) is 15.9. The molecule has 0 bridgehead atoms. The van der Waals surface area contributed by atoms with E-state index in [9.17, 15) is 4.79 Å². The predicted molar refractivity (Wildman–Crippen MR) is 110 cm³/mol. The summed E-state index contributed by atoms with van der Waals surface area (Å²) in [5.74, 6) is 1.89. The van der Waals surface area contributed by atoms with Gasteiger partial charge in [0.2, 0.25) is 0 Å². The van der Waals surface area contributed by atoms with E-state index < -0.39 is 0 Å². The summed E-state index contributed by atoms with van der Waals surface area (Å²) in [5.41, 5.74) is 2.27. The van der Waals surface area contributed by atoms with Crippen LogP contribution >= 0.6 is 0 Å². The van der Waals surface area contributed by atoms with Crippen LogP contribution < -0.4 is 9.80 Å². The lowest BCUT2D eigenvalue weighted by Gasteiger charge is -2.45. The molecule has 4 rings (SSSR count). The molecule has 27 heavy (non-hydrogen) atoms. The largest absolute Gasteiger partial charge is 0.346 e. The second-order valence-corrected chi connectivity index (χ2v) is 7.18. The molecule has 138 valence electrons. The summed E-state index contributed by atoms with van der Waals surface area (Å²) in [7, 11) is 0. The molecule has 5 heteroatoms. The SMILES string of the molecule is CC(C)=CC1C(C=O)N(c2cc3ccccc3[nH]2)CCN1c1ccccn1. The van der Waals surface area contributed by atoms with E-state index in [1.807, 2.05) is 30.3 Å². The number of hydrogen-bond donors (Lipinski definition) is 1. The van der Waals surface area contributed by atoms with Gasteiger partial charge < -0.3 is 19.6 Å². The number of aromatic amines is 1. The first-order chi connectivity index (χ1) is 13.2. The molecule has 1 saturated heterocycles. The first-order valence-corrected chi connectivity index (χ1v) is 9.30. The number of rotatable bonds is 4. The van der Waals surface area contributed by atoms with Crippen molar-refractivity contribution in [1.82, 2.24) is 9.97 Å². The van der Waals surface area contributed by atoms with Crippen LogP contribution in [0.2, 0.25) is 0 Å². The Labute approximate surface area is 159 Å². The molecule has 1 N–H and O–H groups in total. The zero-order valence-corrected chi connectivity index (χ0v) is 15.7. The highest BCUT2D eigenvalue weighted by Crippen LogP contribution is 2.29. The highest BCUT2D eigenvalue weighted by molar-refractivity contribution is 5.85. The van der Waals surface area contributed by atoms with Crippen molar-refractivity contribution in [3.8, 4) is 0 Å². The Bertz CT molecular complexity index is 926. The minimum atomic E-state index is -0.288. The Balaban J connectivity index is 1.73. The molecular weight excluding hydrogens is 336 g/mol. The fourth-order valence-electron chi connectivity index (χ4n) is 3.85. The number of nitrogens with zero attached hydrogens (tertiary/aromatic N) is 3. The molecule has 0 saturated carbocycles. The van der Waals surface area contributed by atoms with Gasteiger partial charge in [0.05, 0.1) is 6.04 Å². The second kappa shape index (κ2) is 7.27. The van der Waals surface area contributed by atoms with Gasteiger partial charge in [0.1, 0.15) is 24.0 Å². The van der Waals surface area contributed by atoms with Crippen LogP contribution in [0, 0.1) is 0 Å². The smallest absolute Gasteiger partial charge is 0.144 e. The Morgan fingerprint density at radius 2 is 1.85 bits per heavy atom. The maximum atomic E-state index is 12.2. The fourth-order valence-corrected chi connectivity index (χ4v) is 3.85. The summed E-state index contributed by atoms with van der Waals surface area (Å²) in [6.07, 6.45) is 5.03. The van der Waals surface area contributed by atoms with Crippen molar-refractivity contribution in [2.75, 3.05) is 22.9 Å². The molecule has 0 spiro atoms. The van der Waals surface area contributed by atoms with E-state index in [0.717, 1.165) is 41.9 Å². The van der Waals surface area contributed by atoms with Crippen LogP contribution in [-0.2, 0) is 4.79 Å². The number of fused-ring (bicyclic) bond motifs is 1. The number of anilines is 2. The van der Waals surface area contributed by atoms with Crippen molar-refractivity contribution in [3.63, 3.8) is 0 Å². The van der Waals surface area contributed by atoms with Gasteiger partial charge in [-0.2, -0.15) is 0 Å². The van der Waals surface area contributed by atoms with Crippen molar-refractivity contribution in [1.29, 1.82) is 0 Å². The van der Waals surface area contributed by atoms with Gasteiger partial charge in [-0.15, -0.1) is 0 Å². The van der Waals surface area contributed by atoms with Crippen LogP contribution in [0.4, 0.5) is 11.6 Å². The molecular formula is C22H24N4O. The lowest BCUT2D eigenvalue weighted by atomic mass is 9.99. The highest BCUT2D eigenvalue weighted by Gasteiger charge is 2.36. The zero-order valence-electron chi connectivity index (χ0n) is 15.7. The van der Waals surface area contributed by atoms with E-state index in [1.165, 1.54) is 5.57 Å². The average molecular weight is 360 g/mol. The van der Waals surface area contributed by atoms with E-state index in [0.29, 0.717) is 0 Å². The van der Waals surface area contributed by atoms with Gasteiger partial charge in [-0.3, -0.25) is 0 Å². The van der Waals surface area contributed by atoms with Gasteiger partial charge in [-0.25, -0.2) is 4.98 Å². The first kappa shape index (κ1) is 17.3. The van der Waals surface area contributed by atoms with Crippen molar-refractivity contribution in [2.24, 2.45) is 0 Å². The highest BCUT2D eigenvalue weighted by atomic mass is 16.1. The van der Waals surface area contributed by atoms with Gasteiger partial charge >= 0.3 is 0 Å². The van der Waals surface area contributed by atoms with E-state index in [4.69, 9.17) is 0 Å². The summed E-state index contributed by atoms with van der Waals surface area (Å²) in [5, 5.41) is 1.16. The number of piperazine rings is 1. The summed E-state index contributed by atoms with van der Waals surface area (Å²) >= 11 is 0. The van der Waals surface area contributed by atoms with Crippen LogP contribution in [0.1, 0.15) is 13.8 Å². The Hall–Kier alpha value is -3.08. The van der Waals surface area contributed by atoms with Crippen LogP contribution in [0.5, 0.6) is 0 Å². The molecule has 3 heterocycles. The third-order valence-corrected chi connectivity index (χ3v) is 5.06. The minimum Gasteiger partial charge on any atom is -0.346 e. The second-order valence-electron chi connectivity index (χ2n) is 7.18. The zero-order chi connectivity index (χ0) is 18.8. The number of allylic oxidation sites excluding steroid dienone is 1. The normalized spacial score (nSPS) is 19.9. The third-order valence-electron chi connectivity index (χ3n) is 5.06. The molecule has 1 aliphatic rings. The number of benzene rings is 1. The van der Waals surface area contributed by atoms with Crippen molar-refractivity contribution >= 4 is 28.8 Å². The summed E-state index contributed by atoms with van der Waals surface area (Å²) in [4.78, 5) is 24.6. The van der Waals surface area contributed by atoms with E-state index in [1.54, 1.807) is 6.20 Å². The fraction of sp³-hybridized carbons (Fsp3) is 0.273. The van der Waals surface area contributed by atoms with Crippen molar-refractivity contribution in [2.45, 2.75) is 25.9 Å². The number of hydrogen-bond acceptors (Lipinski definition) is 4. The van der Waals surface area contributed by atoms with Gasteiger partial charge in [-0.1, -0.05) is 35.9 Å². The first-order valence-electron chi connectivity index (χ1n) is 9.30. The van der Waals surface area contributed by atoms with Crippen molar-refractivity contribution < 1.29 is 4.79 Å².